The Labute approximate surface area is 172 Å². The molecular formula is C21H22ClN3O2S. The van der Waals surface area contributed by atoms with E-state index in [1.807, 2.05) is 19.9 Å². The van der Waals surface area contributed by atoms with E-state index in [4.69, 9.17) is 11.6 Å². The molecule has 0 saturated heterocycles. The Bertz CT molecular complexity index is 1110. The molecule has 1 aromatic carbocycles. The third-order valence-electron chi connectivity index (χ3n) is 5.51. The van der Waals surface area contributed by atoms with Crippen LogP contribution in [0.25, 0.3) is 10.2 Å². The van der Waals surface area contributed by atoms with Crippen molar-refractivity contribution in [3.8, 4) is 0 Å². The van der Waals surface area contributed by atoms with E-state index in [-0.39, 0.29) is 17.5 Å². The molecule has 0 aliphatic heterocycles. The van der Waals surface area contributed by atoms with Gasteiger partial charge in [-0.25, -0.2) is 4.98 Å². The highest BCUT2D eigenvalue weighted by atomic mass is 35.5. The number of fused-ring (bicyclic) bond motifs is 1. The van der Waals surface area contributed by atoms with Crippen LogP contribution in [-0.4, -0.2) is 15.5 Å². The van der Waals surface area contributed by atoms with E-state index in [1.54, 1.807) is 23.0 Å². The Morgan fingerprint density at radius 3 is 2.75 bits per heavy atom. The van der Waals surface area contributed by atoms with Crippen LogP contribution < -0.4 is 10.9 Å². The van der Waals surface area contributed by atoms with Gasteiger partial charge in [-0.05, 0) is 44.4 Å². The number of carbonyl (C=O) groups excluding carboxylic acids is 1. The second kappa shape index (κ2) is 7.68. The largest absolute Gasteiger partial charge is 0.322 e. The van der Waals surface area contributed by atoms with Crippen LogP contribution in [0.1, 0.15) is 58.9 Å². The van der Waals surface area contributed by atoms with Crippen molar-refractivity contribution in [3.05, 3.63) is 55.9 Å². The number of nitrogens with zero attached hydrogens (tertiary/aromatic N) is 2. The summed E-state index contributed by atoms with van der Waals surface area (Å²) in [7, 11) is 0. The number of nitrogens with one attached hydrogen (secondary N) is 1. The molecule has 1 N–H and O–H groups in total. The molecule has 1 fully saturated rings. The molecule has 7 heteroatoms. The molecule has 1 aliphatic carbocycles. The van der Waals surface area contributed by atoms with Gasteiger partial charge >= 0.3 is 0 Å². The molecular weight excluding hydrogens is 394 g/mol. The van der Waals surface area contributed by atoms with Crippen molar-refractivity contribution in [2.75, 3.05) is 5.32 Å². The summed E-state index contributed by atoms with van der Waals surface area (Å²) in [4.78, 5) is 31.3. The third-order valence-corrected chi connectivity index (χ3v) is 7.00. The average molecular weight is 416 g/mol. The van der Waals surface area contributed by atoms with Crippen LogP contribution in [0, 0.1) is 13.8 Å². The maximum absolute atomic E-state index is 13.1. The Hall–Kier alpha value is -2.18. The van der Waals surface area contributed by atoms with Crippen LogP contribution in [0.5, 0.6) is 0 Å². The lowest BCUT2D eigenvalue weighted by atomic mass is 9.95. The quantitative estimate of drug-likeness (QED) is 0.615. The van der Waals surface area contributed by atoms with Crippen molar-refractivity contribution < 1.29 is 4.79 Å². The molecule has 5 nitrogen and oxygen atoms in total. The molecule has 4 rings (SSSR count). The molecule has 0 bridgehead atoms. The molecule has 28 heavy (non-hydrogen) atoms. The maximum Gasteiger partial charge on any atom is 0.271 e. The predicted octanol–water partition coefficient (Wildman–Crippen LogP) is 5.49. The van der Waals surface area contributed by atoms with Gasteiger partial charge in [-0.15, -0.1) is 11.3 Å². The van der Waals surface area contributed by atoms with Gasteiger partial charge in [0.2, 0.25) is 0 Å². The first-order valence-corrected chi connectivity index (χ1v) is 10.7. The maximum atomic E-state index is 13.1. The number of halogens is 1. The first-order chi connectivity index (χ1) is 13.5. The fourth-order valence-electron chi connectivity index (χ4n) is 3.90. The predicted molar refractivity (Wildman–Crippen MR) is 115 cm³/mol. The summed E-state index contributed by atoms with van der Waals surface area (Å²) >= 11 is 7.50. The molecule has 1 saturated carbocycles. The van der Waals surface area contributed by atoms with Gasteiger partial charge < -0.3 is 5.32 Å². The third kappa shape index (κ3) is 3.35. The number of carbonyl (C=O) groups is 1. The summed E-state index contributed by atoms with van der Waals surface area (Å²) in [6.45, 7) is 3.72. The van der Waals surface area contributed by atoms with Gasteiger partial charge in [0.25, 0.3) is 11.5 Å². The van der Waals surface area contributed by atoms with Crippen LogP contribution in [0.15, 0.2) is 29.3 Å². The molecule has 0 unspecified atom stereocenters. The zero-order chi connectivity index (χ0) is 19.8. The molecule has 1 aliphatic rings. The van der Waals surface area contributed by atoms with E-state index >= 15 is 0 Å². The van der Waals surface area contributed by atoms with Crippen molar-refractivity contribution in [2.45, 2.75) is 52.0 Å². The first kappa shape index (κ1) is 19.2. The van der Waals surface area contributed by atoms with Crippen LogP contribution in [-0.2, 0) is 0 Å². The number of aryl methyl sites for hydroxylation is 1. The van der Waals surface area contributed by atoms with Crippen molar-refractivity contribution in [1.29, 1.82) is 0 Å². The molecule has 0 radical (unpaired) electrons. The fraction of sp³-hybridized carbons (Fsp3) is 0.381. The Morgan fingerprint density at radius 1 is 1.25 bits per heavy atom. The van der Waals surface area contributed by atoms with Gasteiger partial charge in [0.05, 0.1) is 11.9 Å². The van der Waals surface area contributed by atoms with E-state index in [9.17, 15) is 9.59 Å². The molecule has 3 aromatic rings. The number of benzene rings is 1. The minimum Gasteiger partial charge on any atom is -0.322 e. The lowest BCUT2D eigenvalue weighted by Crippen LogP contribution is -2.26. The summed E-state index contributed by atoms with van der Waals surface area (Å²) in [5, 5.41) is 3.51. The topological polar surface area (TPSA) is 64.0 Å². The lowest BCUT2D eigenvalue weighted by Gasteiger charge is -2.23. The van der Waals surface area contributed by atoms with Crippen LogP contribution >= 0.6 is 22.9 Å². The SMILES string of the molecule is Cc1sc2c(=O)n(C3CCCCC3)cnc2c1C(=O)Nc1cccc(Cl)c1C. The number of rotatable bonds is 3. The zero-order valence-corrected chi connectivity index (χ0v) is 17.5. The molecule has 2 aromatic heterocycles. The van der Waals surface area contributed by atoms with Crippen molar-refractivity contribution in [2.24, 2.45) is 0 Å². The van der Waals surface area contributed by atoms with Crippen LogP contribution in [0.3, 0.4) is 0 Å². The summed E-state index contributed by atoms with van der Waals surface area (Å²) in [5.41, 5.74) is 2.38. The molecule has 0 spiro atoms. The number of anilines is 1. The van der Waals surface area contributed by atoms with E-state index in [1.165, 1.54) is 17.8 Å². The van der Waals surface area contributed by atoms with Gasteiger partial charge in [-0.3, -0.25) is 14.2 Å². The Balaban J connectivity index is 1.72. The average Bonchev–Trinajstić information content (AvgIpc) is 3.03. The highest BCUT2D eigenvalue weighted by molar-refractivity contribution is 7.19. The second-order valence-corrected chi connectivity index (χ2v) is 8.96. The normalized spacial score (nSPS) is 15.1. The fourth-order valence-corrected chi connectivity index (χ4v) is 5.12. The van der Waals surface area contributed by atoms with Gasteiger partial charge in [-0.1, -0.05) is 36.9 Å². The minimum atomic E-state index is -0.267. The van der Waals surface area contributed by atoms with E-state index in [0.29, 0.717) is 26.5 Å². The zero-order valence-electron chi connectivity index (χ0n) is 15.9. The highest BCUT2D eigenvalue weighted by Crippen LogP contribution is 2.31. The highest BCUT2D eigenvalue weighted by Gasteiger charge is 2.23. The van der Waals surface area contributed by atoms with Crippen molar-refractivity contribution >= 4 is 44.7 Å². The smallest absolute Gasteiger partial charge is 0.271 e. The van der Waals surface area contributed by atoms with Gasteiger partial charge in [0, 0.05) is 21.6 Å². The second-order valence-electron chi connectivity index (χ2n) is 7.33. The standard InChI is InChI=1S/C21H22ClN3O2S/c1-12-15(22)9-6-10-16(12)24-20(26)17-13(2)28-19-18(17)23-11-25(21(19)27)14-7-4-3-5-8-14/h6,9-11,14H,3-5,7-8H2,1-2H3,(H,24,26). The van der Waals surface area contributed by atoms with Crippen molar-refractivity contribution in [3.63, 3.8) is 0 Å². The number of thiophene rings is 1. The van der Waals surface area contributed by atoms with Crippen LogP contribution in [0.4, 0.5) is 5.69 Å². The van der Waals surface area contributed by atoms with E-state index in [0.717, 1.165) is 36.1 Å². The summed E-state index contributed by atoms with van der Waals surface area (Å²) < 4.78 is 2.32. The minimum absolute atomic E-state index is 0.0389. The molecule has 0 atom stereocenters. The van der Waals surface area contributed by atoms with Gasteiger partial charge in [-0.2, -0.15) is 0 Å². The molecule has 1 amide bonds. The number of amides is 1. The van der Waals surface area contributed by atoms with Crippen LogP contribution in [0.2, 0.25) is 5.02 Å². The molecule has 146 valence electrons. The monoisotopic (exact) mass is 415 g/mol. The van der Waals surface area contributed by atoms with E-state index in [2.05, 4.69) is 10.3 Å². The summed E-state index contributed by atoms with van der Waals surface area (Å²) in [5.74, 6) is -0.267. The summed E-state index contributed by atoms with van der Waals surface area (Å²) in [6, 6.07) is 5.61. The lowest BCUT2D eigenvalue weighted by molar-refractivity contribution is 0.102. The summed E-state index contributed by atoms with van der Waals surface area (Å²) in [6.07, 6.45) is 7.16. The number of aromatic nitrogens is 2. The van der Waals surface area contributed by atoms with Gasteiger partial charge in [0.1, 0.15) is 10.2 Å². The van der Waals surface area contributed by atoms with Gasteiger partial charge in [0.15, 0.2) is 0 Å². The Morgan fingerprint density at radius 2 is 2.00 bits per heavy atom. The first-order valence-electron chi connectivity index (χ1n) is 9.54. The number of hydrogen-bond acceptors (Lipinski definition) is 4. The van der Waals surface area contributed by atoms with E-state index < -0.39 is 0 Å². The molecule has 2 heterocycles. The number of hydrogen-bond donors (Lipinski definition) is 1. The Kier molecular flexibility index (Phi) is 5.25. The van der Waals surface area contributed by atoms with Crippen molar-refractivity contribution in [1.82, 2.24) is 9.55 Å².